The first-order valence-corrected chi connectivity index (χ1v) is 8.32. The van der Waals surface area contributed by atoms with Crippen LogP contribution in [0.2, 0.25) is 5.15 Å². The fraction of sp³-hybridized carbons (Fsp3) is 0. The first-order valence-electron chi connectivity index (χ1n) is 7.12. The van der Waals surface area contributed by atoms with Crippen molar-refractivity contribution in [3.63, 3.8) is 0 Å². The summed E-state index contributed by atoms with van der Waals surface area (Å²) in [7, 11) is 0. The SMILES string of the molecule is Clc1cc(Nc2ccc(-c3nc4ccccc4s3)cc2)ccn1. The van der Waals surface area contributed by atoms with Gasteiger partial charge in [-0.05, 0) is 48.5 Å². The lowest BCUT2D eigenvalue weighted by Crippen LogP contribution is -1.90. The highest BCUT2D eigenvalue weighted by Crippen LogP contribution is 2.31. The highest BCUT2D eigenvalue weighted by Gasteiger charge is 2.05. The van der Waals surface area contributed by atoms with Crippen molar-refractivity contribution < 1.29 is 0 Å². The Kier molecular flexibility index (Phi) is 3.69. The number of para-hydroxylation sites is 1. The van der Waals surface area contributed by atoms with E-state index >= 15 is 0 Å². The van der Waals surface area contributed by atoms with Gasteiger partial charge in [0.05, 0.1) is 10.2 Å². The van der Waals surface area contributed by atoms with Gasteiger partial charge in [-0.15, -0.1) is 11.3 Å². The molecule has 0 unspecified atom stereocenters. The Hall–Kier alpha value is -2.43. The summed E-state index contributed by atoms with van der Waals surface area (Å²) >= 11 is 7.60. The van der Waals surface area contributed by atoms with Crippen LogP contribution in [0.1, 0.15) is 0 Å². The number of halogens is 1. The first-order chi connectivity index (χ1) is 11.3. The summed E-state index contributed by atoms with van der Waals surface area (Å²) in [5, 5.41) is 4.81. The van der Waals surface area contributed by atoms with Gasteiger partial charge in [0.2, 0.25) is 0 Å². The Morgan fingerprint density at radius 3 is 2.52 bits per heavy atom. The van der Waals surface area contributed by atoms with E-state index in [1.807, 2.05) is 36.4 Å². The van der Waals surface area contributed by atoms with Crippen LogP contribution in [0.5, 0.6) is 0 Å². The van der Waals surface area contributed by atoms with Crippen molar-refractivity contribution in [2.24, 2.45) is 0 Å². The molecule has 23 heavy (non-hydrogen) atoms. The minimum Gasteiger partial charge on any atom is -0.355 e. The summed E-state index contributed by atoms with van der Waals surface area (Å²) in [6, 6.07) is 20.1. The van der Waals surface area contributed by atoms with Crippen LogP contribution < -0.4 is 5.32 Å². The zero-order valence-corrected chi connectivity index (χ0v) is 13.6. The summed E-state index contributed by atoms with van der Waals surface area (Å²) in [6.45, 7) is 0. The Labute approximate surface area is 142 Å². The minimum atomic E-state index is 0.473. The number of hydrogen-bond acceptors (Lipinski definition) is 4. The van der Waals surface area contributed by atoms with Crippen molar-refractivity contribution >= 4 is 44.5 Å². The van der Waals surface area contributed by atoms with Crippen molar-refractivity contribution in [1.82, 2.24) is 9.97 Å². The molecule has 4 rings (SSSR count). The van der Waals surface area contributed by atoms with Crippen molar-refractivity contribution in [2.45, 2.75) is 0 Å². The van der Waals surface area contributed by atoms with Crippen LogP contribution in [0.25, 0.3) is 20.8 Å². The lowest BCUT2D eigenvalue weighted by atomic mass is 10.2. The van der Waals surface area contributed by atoms with E-state index in [4.69, 9.17) is 11.6 Å². The number of benzene rings is 2. The van der Waals surface area contributed by atoms with E-state index in [1.165, 1.54) is 4.70 Å². The largest absolute Gasteiger partial charge is 0.355 e. The quantitative estimate of drug-likeness (QED) is 0.483. The standard InChI is InChI=1S/C18H12ClN3S/c19-17-11-14(9-10-20-17)21-13-7-5-12(6-8-13)18-22-15-3-1-2-4-16(15)23-18/h1-11H,(H,20,21). The Morgan fingerprint density at radius 2 is 1.74 bits per heavy atom. The molecule has 2 aromatic heterocycles. The van der Waals surface area contributed by atoms with Gasteiger partial charge in [0.15, 0.2) is 0 Å². The van der Waals surface area contributed by atoms with Gasteiger partial charge in [0.1, 0.15) is 10.2 Å². The molecule has 2 aromatic carbocycles. The number of hydrogen-bond donors (Lipinski definition) is 1. The van der Waals surface area contributed by atoms with Crippen LogP contribution in [0.15, 0.2) is 66.9 Å². The normalized spacial score (nSPS) is 10.8. The third-order valence-electron chi connectivity index (χ3n) is 3.44. The number of pyridine rings is 1. The number of anilines is 2. The molecule has 4 aromatic rings. The van der Waals surface area contributed by atoms with Gasteiger partial charge in [-0.2, -0.15) is 0 Å². The predicted octanol–water partition coefficient (Wildman–Crippen LogP) is 5.76. The second-order valence-corrected chi connectivity index (χ2v) is 6.47. The van der Waals surface area contributed by atoms with Crippen LogP contribution in [-0.4, -0.2) is 9.97 Å². The third kappa shape index (κ3) is 3.04. The van der Waals surface area contributed by atoms with Gasteiger partial charge in [-0.3, -0.25) is 0 Å². The molecule has 0 atom stereocenters. The maximum atomic E-state index is 5.90. The van der Waals surface area contributed by atoms with E-state index in [0.717, 1.165) is 27.5 Å². The first kappa shape index (κ1) is 14.2. The summed E-state index contributed by atoms with van der Waals surface area (Å²) in [4.78, 5) is 8.66. The number of nitrogens with one attached hydrogen (secondary N) is 1. The summed E-state index contributed by atoms with van der Waals surface area (Å²) in [6.07, 6.45) is 1.68. The maximum absolute atomic E-state index is 5.90. The maximum Gasteiger partial charge on any atom is 0.131 e. The number of aromatic nitrogens is 2. The molecule has 0 saturated heterocycles. The van der Waals surface area contributed by atoms with Gasteiger partial charge < -0.3 is 5.32 Å². The van der Waals surface area contributed by atoms with Crippen LogP contribution in [0.3, 0.4) is 0 Å². The van der Waals surface area contributed by atoms with Gasteiger partial charge in [0, 0.05) is 23.1 Å². The topological polar surface area (TPSA) is 37.8 Å². The average Bonchev–Trinajstić information content (AvgIpc) is 2.99. The Balaban J connectivity index is 1.60. The molecule has 3 nitrogen and oxygen atoms in total. The molecule has 0 radical (unpaired) electrons. The highest BCUT2D eigenvalue weighted by molar-refractivity contribution is 7.21. The number of rotatable bonds is 3. The molecule has 0 spiro atoms. The number of fused-ring (bicyclic) bond motifs is 1. The monoisotopic (exact) mass is 337 g/mol. The zero-order valence-electron chi connectivity index (χ0n) is 12.0. The molecule has 0 fully saturated rings. The second kappa shape index (κ2) is 5.99. The summed E-state index contributed by atoms with van der Waals surface area (Å²) in [5.41, 5.74) is 4.07. The zero-order chi connectivity index (χ0) is 15.6. The number of nitrogens with zero attached hydrogens (tertiary/aromatic N) is 2. The smallest absolute Gasteiger partial charge is 0.131 e. The van der Waals surface area contributed by atoms with Crippen molar-refractivity contribution in [3.05, 3.63) is 72.0 Å². The van der Waals surface area contributed by atoms with E-state index in [0.29, 0.717) is 5.15 Å². The molecule has 1 N–H and O–H groups in total. The highest BCUT2D eigenvalue weighted by atomic mass is 35.5. The molecule has 2 heterocycles. The summed E-state index contributed by atoms with van der Waals surface area (Å²) < 4.78 is 1.20. The van der Waals surface area contributed by atoms with Gasteiger partial charge in [-0.25, -0.2) is 9.97 Å². The van der Waals surface area contributed by atoms with E-state index < -0.39 is 0 Å². The predicted molar refractivity (Wildman–Crippen MR) is 97.6 cm³/mol. The van der Waals surface area contributed by atoms with Crippen molar-refractivity contribution in [2.75, 3.05) is 5.32 Å². The van der Waals surface area contributed by atoms with Crippen LogP contribution in [-0.2, 0) is 0 Å². The van der Waals surface area contributed by atoms with Gasteiger partial charge in [0.25, 0.3) is 0 Å². The van der Waals surface area contributed by atoms with Gasteiger partial charge >= 0.3 is 0 Å². The molecule has 112 valence electrons. The molecule has 0 aliphatic carbocycles. The fourth-order valence-electron chi connectivity index (χ4n) is 2.34. The van der Waals surface area contributed by atoms with E-state index in [2.05, 4.69) is 33.5 Å². The van der Waals surface area contributed by atoms with Crippen LogP contribution in [0.4, 0.5) is 11.4 Å². The second-order valence-electron chi connectivity index (χ2n) is 5.06. The third-order valence-corrected chi connectivity index (χ3v) is 4.73. The van der Waals surface area contributed by atoms with Crippen molar-refractivity contribution in [3.8, 4) is 10.6 Å². The minimum absolute atomic E-state index is 0.473. The van der Waals surface area contributed by atoms with Crippen LogP contribution >= 0.6 is 22.9 Å². The molecular weight excluding hydrogens is 326 g/mol. The molecule has 5 heteroatoms. The molecule has 0 amide bonds. The lowest BCUT2D eigenvalue weighted by molar-refractivity contribution is 1.32. The van der Waals surface area contributed by atoms with E-state index in [-0.39, 0.29) is 0 Å². The van der Waals surface area contributed by atoms with E-state index in [1.54, 1.807) is 23.6 Å². The molecule has 0 aliphatic rings. The Bertz CT molecular complexity index is 930. The molecular formula is C18H12ClN3S. The fourth-order valence-corrected chi connectivity index (χ4v) is 3.48. The lowest BCUT2D eigenvalue weighted by Gasteiger charge is -2.06. The average molecular weight is 338 g/mol. The summed E-state index contributed by atoms with van der Waals surface area (Å²) in [5.74, 6) is 0. The van der Waals surface area contributed by atoms with Crippen molar-refractivity contribution in [1.29, 1.82) is 0 Å². The Morgan fingerprint density at radius 1 is 0.913 bits per heavy atom. The van der Waals surface area contributed by atoms with E-state index in [9.17, 15) is 0 Å². The molecule has 0 aliphatic heterocycles. The molecule has 0 saturated carbocycles. The molecule has 0 bridgehead atoms. The van der Waals surface area contributed by atoms with Crippen LogP contribution in [0, 0.1) is 0 Å². The van der Waals surface area contributed by atoms with Gasteiger partial charge in [-0.1, -0.05) is 23.7 Å². The number of thiazole rings is 1.